The molecule has 0 radical (unpaired) electrons. The van der Waals surface area contributed by atoms with Gasteiger partial charge < -0.3 is 5.32 Å². The summed E-state index contributed by atoms with van der Waals surface area (Å²) in [5.41, 5.74) is 0.120. The van der Waals surface area contributed by atoms with E-state index >= 15 is 0 Å². The van der Waals surface area contributed by atoms with Crippen molar-refractivity contribution >= 4 is 6.21 Å². The Morgan fingerprint density at radius 3 is 2.60 bits per heavy atom. The SMILES string of the molecule is CC=N/C=C(F)\C=C\CCNC(C)(C)C. The summed E-state index contributed by atoms with van der Waals surface area (Å²) in [6.45, 7) is 8.92. The van der Waals surface area contributed by atoms with E-state index in [0.717, 1.165) is 13.0 Å². The third-order valence-corrected chi connectivity index (χ3v) is 1.59. The first-order valence-electron chi connectivity index (χ1n) is 5.21. The van der Waals surface area contributed by atoms with Gasteiger partial charge in [0.15, 0.2) is 0 Å². The standard InChI is InChI=1S/C12H21FN2/c1-5-14-10-11(13)8-6-7-9-15-12(2,3)4/h5-6,8,10,15H,7,9H2,1-4H3/b8-6+,11-10+,14-5?. The monoisotopic (exact) mass is 212 g/mol. The van der Waals surface area contributed by atoms with Crippen LogP contribution in [-0.4, -0.2) is 18.3 Å². The average Bonchev–Trinajstić information content (AvgIpc) is 2.12. The third-order valence-electron chi connectivity index (χ3n) is 1.59. The predicted molar refractivity (Wildman–Crippen MR) is 64.9 cm³/mol. The van der Waals surface area contributed by atoms with Gasteiger partial charge in [-0.25, -0.2) is 4.39 Å². The van der Waals surface area contributed by atoms with Gasteiger partial charge in [-0.1, -0.05) is 6.08 Å². The molecule has 0 aliphatic rings. The second-order valence-electron chi connectivity index (χ2n) is 4.29. The lowest BCUT2D eigenvalue weighted by molar-refractivity contribution is 0.431. The minimum atomic E-state index is -0.316. The van der Waals surface area contributed by atoms with E-state index in [0.29, 0.717) is 0 Å². The van der Waals surface area contributed by atoms with E-state index in [-0.39, 0.29) is 11.4 Å². The van der Waals surface area contributed by atoms with Crippen LogP contribution in [0, 0.1) is 0 Å². The highest BCUT2D eigenvalue weighted by molar-refractivity contribution is 5.54. The van der Waals surface area contributed by atoms with E-state index in [1.807, 2.05) is 0 Å². The smallest absolute Gasteiger partial charge is 0.141 e. The molecule has 0 spiro atoms. The molecule has 0 aliphatic heterocycles. The van der Waals surface area contributed by atoms with E-state index < -0.39 is 0 Å². The van der Waals surface area contributed by atoms with Crippen LogP contribution in [-0.2, 0) is 0 Å². The van der Waals surface area contributed by atoms with E-state index in [9.17, 15) is 4.39 Å². The second-order valence-corrected chi connectivity index (χ2v) is 4.29. The zero-order chi connectivity index (χ0) is 11.7. The number of rotatable bonds is 5. The summed E-state index contributed by atoms with van der Waals surface area (Å²) in [6, 6.07) is 0. The average molecular weight is 212 g/mol. The molecule has 0 aromatic rings. The van der Waals surface area contributed by atoms with Crippen molar-refractivity contribution in [1.82, 2.24) is 5.32 Å². The molecule has 0 aliphatic carbocycles. The number of hydrogen-bond acceptors (Lipinski definition) is 2. The van der Waals surface area contributed by atoms with Crippen molar-refractivity contribution in [2.24, 2.45) is 4.99 Å². The van der Waals surface area contributed by atoms with Crippen LogP contribution < -0.4 is 5.32 Å². The van der Waals surface area contributed by atoms with E-state index in [1.165, 1.54) is 12.3 Å². The maximum Gasteiger partial charge on any atom is 0.141 e. The molecule has 0 atom stereocenters. The summed E-state index contributed by atoms with van der Waals surface area (Å²) in [5, 5.41) is 3.32. The highest BCUT2D eigenvalue weighted by Gasteiger charge is 2.06. The number of nitrogens with zero attached hydrogens (tertiary/aromatic N) is 1. The van der Waals surface area contributed by atoms with Crippen molar-refractivity contribution in [2.75, 3.05) is 6.54 Å². The second kappa shape index (κ2) is 7.35. The first kappa shape index (κ1) is 14.0. The Morgan fingerprint density at radius 2 is 2.07 bits per heavy atom. The molecule has 0 heterocycles. The normalized spacial score (nSPS) is 14.3. The van der Waals surface area contributed by atoms with Gasteiger partial charge in [0, 0.05) is 11.8 Å². The van der Waals surface area contributed by atoms with Gasteiger partial charge in [-0.05, 0) is 46.7 Å². The van der Waals surface area contributed by atoms with Crippen molar-refractivity contribution in [3.05, 3.63) is 24.2 Å². The molecule has 0 fully saturated rings. The van der Waals surface area contributed by atoms with Crippen LogP contribution in [0.25, 0.3) is 0 Å². The van der Waals surface area contributed by atoms with Crippen LogP contribution in [0.4, 0.5) is 4.39 Å². The van der Waals surface area contributed by atoms with Gasteiger partial charge in [0.25, 0.3) is 0 Å². The fourth-order valence-electron chi connectivity index (χ4n) is 0.915. The predicted octanol–water partition coefficient (Wildman–Crippen LogP) is 3.22. The zero-order valence-corrected chi connectivity index (χ0v) is 10.0. The summed E-state index contributed by atoms with van der Waals surface area (Å²) in [5.74, 6) is -0.316. The van der Waals surface area contributed by atoms with Crippen molar-refractivity contribution in [1.29, 1.82) is 0 Å². The molecular formula is C12H21FN2. The Labute approximate surface area is 92.0 Å². The Kier molecular flexibility index (Phi) is 6.88. The van der Waals surface area contributed by atoms with Crippen LogP contribution in [0.1, 0.15) is 34.1 Å². The van der Waals surface area contributed by atoms with E-state index in [1.54, 1.807) is 19.2 Å². The molecule has 0 unspecified atom stereocenters. The third kappa shape index (κ3) is 11.0. The van der Waals surface area contributed by atoms with Gasteiger partial charge in [-0.15, -0.1) is 0 Å². The van der Waals surface area contributed by atoms with Crippen LogP contribution in [0.2, 0.25) is 0 Å². The van der Waals surface area contributed by atoms with Gasteiger partial charge in [-0.3, -0.25) is 4.99 Å². The Hall–Kier alpha value is -0.960. The molecule has 0 aromatic carbocycles. The Morgan fingerprint density at radius 1 is 1.40 bits per heavy atom. The summed E-state index contributed by atoms with van der Waals surface area (Å²) in [4.78, 5) is 3.68. The number of hydrogen-bond donors (Lipinski definition) is 1. The topological polar surface area (TPSA) is 24.4 Å². The molecule has 2 nitrogen and oxygen atoms in total. The molecule has 0 amide bonds. The quantitative estimate of drug-likeness (QED) is 0.422. The summed E-state index contributed by atoms with van der Waals surface area (Å²) in [6.07, 6.45) is 6.81. The minimum Gasteiger partial charge on any atom is -0.312 e. The molecule has 0 rings (SSSR count). The Balaban J connectivity index is 3.72. The van der Waals surface area contributed by atoms with Gasteiger partial charge in [0.2, 0.25) is 0 Å². The molecular weight excluding hydrogens is 191 g/mol. The molecule has 0 saturated carbocycles. The number of allylic oxidation sites excluding steroid dienone is 2. The number of halogens is 1. The lowest BCUT2D eigenvalue weighted by Crippen LogP contribution is -2.36. The van der Waals surface area contributed by atoms with E-state index in [2.05, 4.69) is 31.1 Å². The molecule has 1 N–H and O–H groups in total. The minimum absolute atomic E-state index is 0.120. The maximum absolute atomic E-state index is 12.9. The first-order valence-corrected chi connectivity index (χ1v) is 5.21. The molecule has 86 valence electrons. The van der Waals surface area contributed by atoms with Gasteiger partial charge >= 0.3 is 0 Å². The maximum atomic E-state index is 12.9. The molecule has 15 heavy (non-hydrogen) atoms. The van der Waals surface area contributed by atoms with Gasteiger partial charge in [0.05, 0.1) is 6.20 Å². The first-order chi connectivity index (χ1) is 6.95. The summed E-state index contributed by atoms with van der Waals surface area (Å²) in [7, 11) is 0. The lowest BCUT2D eigenvalue weighted by Gasteiger charge is -2.19. The van der Waals surface area contributed by atoms with Crippen LogP contribution in [0.15, 0.2) is 29.2 Å². The summed E-state index contributed by atoms with van der Waals surface area (Å²) < 4.78 is 12.9. The fraction of sp³-hybridized carbons (Fsp3) is 0.583. The van der Waals surface area contributed by atoms with Crippen molar-refractivity contribution in [3.8, 4) is 0 Å². The molecule has 3 heteroatoms. The fourth-order valence-corrected chi connectivity index (χ4v) is 0.915. The zero-order valence-electron chi connectivity index (χ0n) is 10.0. The van der Waals surface area contributed by atoms with Crippen LogP contribution in [0.5, 0.6) is 0 Å². The van der Waals surface area contributed by atoms with Gasteiger partial charge in [-0.2, -0.15) is 0 Å². The Bertz CT molecular complexity index is 247. The summed E-state index contributed by atoms with van der Waals surface area (Å²) >= 11 is 0. The highest BCUT2D eigenvalue weighted by Crippen LogP contribution is 2.01. The largest absolute Gasteiger partial charge is 0.312 e. The lowest BCUT2D eigenvalue weighted by atomic mass is 10.1. The highest BCUT2D eigenvalue weighted by atomic mass is 19.1. The van der Waals surface area contributed by atoms with E-state index in [4.69, 9.17) is 0 Å². The van der Waals surface area contributed by atoms with Crippen molar-refractivity contribution in [2.45, 2.75) is 39.7 Å². The van der Waals surface area contributed by atoms with Gasteiger partial charge in [0.1, 0.15) is 5.83 Å². The molecule has 0 bridgehead atoms. The molecule has 0 saturated heterocycles. The molecule has 0 aromatic heterocycles. The van der Waals surface area contributed by atoms with Crippen LogP contribution >= 0.6 is 0 Å². The number of nitrogens with one attached hydrogen (secondary N) is 1. The number of aliphatic imine (C=N–C) groups is 1. The van der Waals surface area contributed by atoms with Crippen molar-refractivity contribution in [3.63, 3.8) is 0 Å². The van der Waals surface area contributed by atoms with Crippen molar-refractivity contribution < 1.29 is 4.39 Å². The van der Waals surface area contributed by atoms with Crippen LogP contribution in [0.3, 0.4) is 0 Å².